The average Bonchev–Trinajstić information content (AvgIpc) is 3.29. The summed E-state index contributed by atoms with van der Waals surface area (Å²) >= 11 is 1.61. The Morgan fingerprint density at radius 2 is 1.94 bits per heavy atom. The quantitative estimate of drug-likeness (QED) is 0.597. The Balaban J connectivity index is 1.36. The summed E-state index contributed by atoms with van der Waals surface area (Å²) in [5.74, 6) is -0.274. The van der Waals surface area contributed by atoms with Crippen molar-refractivity contribution in [1.82, 2.24) is 19.7 Å². The fourth-order valence-electron chi connectivity index (χ4n) is 3.77. The smallest absolute Gasteiger partial charge is 0.406 e. The number of ether oxygens (including phenoxy) is 1. The van der Waals surface area contributed by atoms with Crippen molar-refractivity contribution in [2.45, 2.75) is 31.7 Å². The molecule has 0 bridgehead atoms. The summed E-state index contributed by atoms with van der Waals surface area (Å²) in [6.45, 7) is 4.30. The van der Waals surface area contributed by atoms with E-state index in [-0.39, 0.29) is 17.3 Å². The maximum atomic E-state index is 13.1. The zero-order chi connectivity index (χ0) is 22.7. The summed E-state index contributed by atoms with van der Waals surface area (Å²) < 4.78 is 40.9. The van der Waals surface area contributed by atoms with E-state index in [0.29, 0.717) is 19.6 Å². The highest BCUT2D eigenvalue weighted by molar-refractivity contribution is 8.02. The van der Waals surface area contributed by atoms with Gasteiger partial charge >= 0.3 is 12.4 Å². The van der Waals surface area contributed by atoms with Crippen molar-refractivity contribution in [2.24, 2.45) is 0 Å². The zero-order valence-corrected chi connectivity index (χ0v) is 18.3. The predicted octanol–water partition coefficient (Wildman–Crippen LogP) is 4.65. The summed E-state index contributed by atoms with van der Waals surface area (Å²) in [5, 5.41) is 2.07. The summed E-state index contributed by atoms with van der Waals surface area (Å²) in [6.07, 6.45) is -0.294. The van der Waals surface area contributed by atoms with Gasteiger partial charge in [0.05, 0.1) is 0 Å². The molecule has 10 heteroatoms. The molecule has 1 saturated heterocycles. The van der Waals surface area contributed by atoms with E-state index in [1.807, 2.05) is 30.2 Å². The van der Waals surface area contributed by atoms with Crippen molar-refractivity contribution in [1.29, 1.82) is 0 Å². The van der Waals surface area contributed by atoms with Crippen molar-refractivity contribution in [3.8, 4) is 5.75 Å². The van der Waals surface area contributed by atoms with Gasteiger partial charge in [0.2, 0.25) is 0 Å². The molecule has 0 radical (unpaired) electrons. The van der Waals surface area contributed by atoms with Crippen LogP contribution in [-0.2, 0) is 13.0 Å². The molecule has 2 aromatic rings. The van der Waals surface area contributed by atoms with Gasteiger partial charge in [-0.15, -0.1) is 13.2 Å². The lowest BCUT2D eigenvalue weighted by Crippen LogP contribution is -2.46. The molecule has 1 aromatic heterocycles. The monoisotopic (exact) mass is 464 g/mol. The average molecular weight is 465 g/mol. The second-order valence-corrected chi connectivity index (χ2v) is 8.55. The second-order valence-electron chi connectivity index (χ2n) is 7.62. The number of rotatable bonds is 7. The van der Waals surface area contributed by atoms with Gasteiger partial charge in [-0.3, -0.25) is 9.88 Å². The van der Waals surface area contributed by atoms with E-state index in [1.54, 1.807) is 35.0 Å². The molecule has 1 unspecified atom stereocenters. The van der Waals surface area contributed by atoms with Crippen LogP contribution in [0.3, 0.4) is 0 Å². The third-order valence-corrected chi connectivity index (χ3v) is 6.60. The lowest BCUT2D eigenvalue weighted by Gasteiger charge is -2.34. The number of aromatic nitrogens is 1. The molecule has 6 nitrogen and oxygen atoms in total. The van der Waals surface area contributed by atoms with Crippen LogP contribution < -0.4 is 4.74 Å². The van der Waals surface area contributed by atoms with E-state index in [1.165, 1.54) is 12.1 Å². The lowest BCUT2D eigenvalue weighted by molar-refractivity contribution is -0.274. The lowest BCUT2D eigenvalue weighted by atomic mass is 10.2. The first kappa shape index (κ1) is 22.3. The highest BCUT2D eigenvalue weighted by atomic mass is 32.2. The molecule has 3 heterocycles. The number of benzene rings is 1. The number of carbonyl (C=O) groups is 1. The van der Waals surface area contributed by atoms with Gasteiger partial charge in [0.15, 0.2) is 5.50 Å². The molecule has 1 aromatic carbocycles. The number of nitrogens with zero attached hydrogens (tertiary/aromatic N) is 4. The van der Waals surface area contributed by atoms with E-state index in [9.17, 15) is 18.0 Å². The summed E-state index contributed by atoms with van der Waals surface area (Å²) in [7, 11) is 0. The van der Waals surface area contributed by atoms with Gasteiger partial charge in [-0.05, 0) is 48.1 Å². The number of pyridine rings is 1. The molecule has 2 amide bonds. The van der Waals surface area contributed by atoms with Gasteiger partial charge in [0.1, 0.15) is 5.75 Å². The second kappa shape index (κ2) is 9.32. The van der Waals surface area contributed by atoms with E-state index in [2.05, 4.69) is 20.0 Å². The Morgan fingerprint density at radius 1 is 1.16 bits per heavy atom. The van der Waals surface area contributed by atoms with E-state index < -0.39 is 6.36 Å². The van der Waals surface area contributed by atoms with Crippen LogP contribution in [0.4, 0.5) is 18.0 Å². The molecule has 0 saturated carbocycles. The number of urea groups is 1. The highest BCUT2D eigenvalue weighted by Gasteiger charge is 2.39. The number of halogens is 3. The molecule has 2 aliphatic rings. The van der Waals surface area contributed by atoms with E-state index in [4.69, 9.17) is 0 Å². The van der Waals surface area contributed by atoms with Crippen LogP contribution in [0.15, 0.2) is 59.9 Å². The third kappa shape index (κ3) is 5.29. The summed E-state index contributed by atoms with van der Waals surface area (Å²) in [5.41, 5.74) is 2.90. The summed E-state index contributed by atoms with van der Waals surface area (Å²) in [6, 6.07) is 9.51. The van der Waals surface area contributed by atoms with Crippen LogP contribution in [0.2, 0.25) is 0 Å². The Kier molecular flexibility index (Phi) is 6.50. The van der Waals surface area contributed by atoms with E-state index >= 15 is 0 Å². The number of allylic oxidation sites excluding steroid dienone is 1. The first-order chi connectivity index (χ1) is 15.3. The fourth-order valence-corrected chi connectivity index (χ4v) is 4.98. The van der Waals surface area contributed by atoms with Crippen molar-refractivity contribution >= 4 is 17.8 Å². The molecular weight excluding hydrogens is 441 g/mol. The minimum Gasteiger partial charge on any atom is -0.406 e. The number of thioether (sulfide) groups is 1. The van der Waals surface area contributed by atoms with Gasteiger partial charge in [-0.25, -0.2) is 4.79 Å². The van der Waals surface area contributed by atoms with Crippen LogP contribution >= 0.6 is 11.8 Å². The topological polar surface area (TPSA) is 48.9 Å². The number of amides is 2. The first-order valence-corrected chi connectivity index (χ1v) is 11.1. The molecule has 2 aliphatic heterocycles. The molecule has 32 heavy (non-hydrogen) atoms. The van der Waals surface area contributed by atoms with Crippen LogP contribution in [0.25, 0.3) is 0 Å². The largest absolute Gasteiger partial charge is 0.573 e. The molecule has 4 rings (SSSR count). The first-order valence-electron chi connectivity index (χ1n) is 10.2. The van der Waals surface area contributed by atoms with Crippen LogP contribution in [0, 0.1) is 0 Å². The standard InChI is InChI=1S/C22H23F3N4O2S/c1-16-15-32-21(28(16)10-8-17-3-2-9-26-13-17)29-12-11-27(20(29)30)14-18-4-6-19(7-5-18)31-22(23,24)25/h2-7,9,13,15,21H,8,10-12,14H2,1H3. The van der Waals surface area contributed by atoms with Crippen molar-refractivity contribution in [3.63, 3.8) is 0 Å². The molecular formula is C22H23F3N4O2S. The maximum Gasteiger partial charge on any atom is 0.573 e. The van der Waals surface area contributed by atoms with Crippen molar-refractivity contribution in [2.75, 3.05) is 19.6 Å². The maximum absolute atomic E-state index is 13.1. The van der Waals surface area contributed by atoms with Gasteiger partial charge in [0.25, 0.3) is 0 Å². The molecule has 0 N–H and O–H groups in total. The van der Waals surface area contributed by atoms with Gasteiger partial charge < -0.3 is 14.5 Å². The molecule has 1 fully saturated rings. The highest BCUT2D eigenvalue weighted by Crippen LogP contribution is 2.35. The van der Waals surface area contributed by atoms with Gasteiger partial charge in [-0.2, -0.15) is 0 Å². The minimum atomic E-state index is -4.72. The number of carbonyl (C=O) groups excluding carboxylic acids is 1. The number of hydrogen-bond donors (Lipinski definition) is 0. The molecule has 170 valence electrons. The SMILES string of the molecule is CC1=CSC(N2CCN(Cc3ccc(OC(F)(F)F)cc3)C2=O)N1CCc1cccnc1. The van der Waals surface area contributed by atoms with Gasteiger partial charge in [0, 0.05) is 44.3 Å². The third-order valence-electron chi connectivity index (χ3n) is 5.37. The van der Waals surface area contributed by atoms with Gasteiger partial charge in [-0.1, -0.05) is 30.0 Å². The fraction of sp³-hybridized carbons (Fsp3) is 0.364. The van der Waals surface area contributed by atoms with Crippen molar-refractivity contribution < 1.29 is 22.7 Å². The number of hydrogen-bond acceptors (Lipinski definition) is 5. The normalized spacial score (nSPS) is 19.0. The zero-order valence-electron chi connectivity index (χ0n) is 17.5. The molecule has 1 atom stereocenters. The Labute approximate surface area is 188 Å². The van der Waals surface area contributed by atoms with Crippen LogP contribution in [0.1, 0.15) is 18.1 Å². The van der Waals surface area contributed by atoms with Crippen LogP contribution in [0.5, 0.6) is 5.75 Å². The summed E-state index contributed by atoms with van der Waals surface area (Å²) in [4.78, 5) is 23.0. The van der Waals surface area contributed by atoms with E-state index in [0.717, 1.165) is 29.8 Å². The molecule has 0 spiro atoms. The van der Waals surface area contributed by atoms with Crippen LogP contribution in [-0.4, -0.2) is 57.2 Å². The number of alkyl halides is 3. The minimum absolute atomic E-state index is 0.0763. The Morgan fingerprint density at radius 3 is 2.62 bits per heavy atom. The Hall–Kier alpha value is -2.88. The van der Waals surface area contributed by atoms with Crippen molar-refractivity contribution in [3.05, 3.63) is 71.0 Å². The Bertz CT molecular complexity index is 969. The molecule has 0 aliphatic carbocycles. The predicted molar refractivity (Wildman–Crippen MR) is 115 cm³/mol.